The Morgan fingerprint density at radius 1 is 1.40 bits per heavy atom. The molecule has 1 aromatic carbocycles. The van der Waals surface area contributed by atoms with E-state index in [1.165, 1.54) is 12.1 Å². The molecule has 0 aromatic heterocycles. The first-order valence-corrected chi connectivity index (χ1v) is 8.03. The smallest absolute Gasteiger partial charge is 0.462 e. The quantitative estimate of drug-likeness (QED) is 0.350. The molecule has 9 heteroatoms. The van der Waals surface area contributed by atoms with Crippen LogP contribution in [0.25, 0.3) is 5.76 Å². The van der Waals surface area contributed by atoms with E-state index in [9.17, 15) is 9.36 Å². The maximum absolute atomic E-state index is 11.7. The van der Waals surface area contributed by atoms with Gasteiger partial charge >= 0.3 is 13.8 Å². The molecule has 0 amide bonds. The van der Waals surface area contributed by atoms with Crippen molar-refractivity contribution in [3.05, 3.63) is 39.3 Å². The van der Waals surface area contributed by atoms with Crippen LogP contribution in [0.2, 0.25) is 5.02 Å². The topological polar surface area (TPSA) is 93.1 Å². The Kier molecular flexibility index (Phi) is 6.23. The molecule has 0 saturated heterocycles. The minimum atomic E-state index is -4.87. The van der Waals surface area contributed by atoms with Gasteiger partial charge in [-0.05, 0) is 35.0 Å². The lowest BCUT2D eigenvalue weighted by molar-refractivity contribution is -0.137. The molecule has 0 aliphatic rings. The first-order valence-electron chi connectivity index (χ1n) is 5.33. The second-order valence-electron chi connectivity index (χ2n) is 3.43. The molecule has 0 atom stereocenters. The second-order valence-corrected chi connectivity index (χ2v) is 5.79. The highest BCUT2D eigenvalue weighted by Crippen LogP contribution is 2.45. The molecule has 0 unspecified atom stereocenters. The van der Waals surface area contributed by atoms with Gasteiger partial charge in [-0.2, -0.15) is 0 Å². The molecule has 1 rings (SSSR count). The lowest BCUT2D eigenvalue weighted by Gasteiger charge is -2.14. The largest absolute Gasteiger partial charge is 0.524 e. The number of hydrogen-bond acceptors (Lipinski definition) is 4. The van der Waals surface area contributed by atoms with Gasteiger partial charge in [0.15, 0.2) is 5.76 Å². The first-order chi connectivity index (χ1) is 9.26. The minimum absolute atomic E-state index is 0.0969. The molecule has 2 N–H and O–H groups in total. The standard InChI is InChI=1S/C11H11BrClO6P/c1-2-18-11(14)9(12)10(19-20(15,16)17)7-5-3-4-6-8(7)13/h3-6H,2H2,1H3,(H2,15,16,17). The number of benzene rings is 1. The summed E-state index contributed by atoms with van der Waals surface area (Å²) in [7, 11) is -4.87. The molecule has 0 spiro atoms. The van der Waals surface area contributed by atoms with Gasteiger partial charge in [-0.3, -0.25) is 9.79 Å². The van der Waals surface area contributed by atoms with Crippen molar-refractivity contribution >= 4 is 47.1 Å². The van der Waals surface area contributed by atoms with E-state index < -0.39 is 13.8 Å². The van der Waals surface area contributed by atoms with Gasteiger partial charge in [0, 0.05) is 5.56 Å². The van der Waals surface area contributed by atoms with E-state index in [1.54, 1.807) is 19.1 Å². The van der Waals surface area contributed by atoms with Crippen molar-refractivity contribution in [2.24, 2.45) is 0 Å². The van der Waals surface area contributed by atoms with E-state index in [0.717, 1.165) is 0 Å². The fourth-order valence-corrected chi connectivity index (χ4v) is 2.44. The number of hydrogen-bond donors (Lipinski definition) is 2. The summed E-state index contributed by atoms with van der Waals surface area (Å²) in [6, 6.07) is 6.15. The van der Waals surface area contributed by atoms with E-state index >= 15 is 0 Å². The summed E-state index contributed by atoms with van der Waals surface area (Å²) in [6.07, 6.45) is 0. The van der Waals surface area contributed by atoms with Crippen LogP contribution in [0.5, 0.6) is 0 Å². The highest BCUT2D eigenvalue weighted by molar-refractivity contribution is 9.12. The van der Waals surface area contributed by atoms with E-state index in [0.29, 0.717) is 0 Å². The van der Waals surface area contributed by atoms with Crippen molar-refractivity contribution in [2.45, 2.75) is 6.92 Å². The third-order valence-corrected chi connectivity index (χ3v) is 3.42. The van der Waals surface area contributed by atoms with Gasteiger partial charge in [0.05, 0.1) is 11.6 Å². The molecular weight excluding hydrogens is 374 g/mol. The van der Waals surface area contributed by atoms with Crippen LogP contribution in [0.15, 0.2) is 28.7 Å². The highest BCUT2D eigenvalue weighted by atomic mass is 79.9. The van der Waals surface area contributed by atoms with E-state index in [-0.39, 0.29) is 27.4 Å². The SMILES string of the molecule is CCOC(=O)C(Br)=C(OP(=O)(O)O)c1ccccc1Cl. The fraction of sp³-hybridized carbons (Fsp3) is 0.182. The predicted octanol–water partition coefficient (Wildman–Crippen LogP) is 3.08. The van der Waals surface area contributed by atoms with Crippen LogP contribution in [0.3, 0.4) is 0 Å². The first kappa shape index (κ1) is 17.2. The molecule has 6 nitrogen and oxygen atoms in total. The van der Waals surface area contributed by atoms with Gasteiger partial charge in [0.1, 0.15) is 4.48 Å². The Bertz CT molecular complexity index is 582. The second kappa shape index (κ2) is 7.24. The molecule has 0 aliphatic heterocycles. The number of phosphoric ester groups is 1. The Hall–Kier alpha value is -0.850. The average molecular weight is 386 g/mol. The molecule has 0 fully saturated rings. The Morgan fingerprint density at radius 3 is 2.50 bits per heavy atom. The molecule has 110 valence electrons. The number of phosphoric acid groups is 1. The number of halogens is 2. The molecule has 0 saturated carbocycles. The highest BCUT2D eigenvalue weighted by Gasteiger charge is 2.26. The van der Waals surface area contributed by atoms with E-state index in [4.69, 9.17) is 26.1 Å². The third-order valence-electron chi connectivity index (χ3n) is 1.98. The Morgan fingerprint density at radius 2 is 2.00 bits per heavy atom. The number of esters is 1. The zero-order valence-corrected chi connectivity index (χ0v) is 13.5. The molecule has 0 aliphatic carbocycles. The summed E-state index contributed by atoms with van der Waals surface area (Å²) in [5.74, 6) is -1.21. The van der Waals surface area contributed by atoms with Gasteiger partial charge in [-0.1, -0.05) is 23.7 Å². The predicted molar refractivity (Wildman–Crippen MR) is 77.1 cm³/mol. The lowest BCUT2D eigenvalue weighted by Crippen LogP contribution is -2.07. The summed E-state index contributed by atoms with van der Waals surface area (Å²) >= 11 is 8.85. The van der Waals surface area contributed by atoms with Gasteiger partial charge in [-0.15, -0.1) is 0 Å². The zero-order chi connectivity index (χ0) is 15.3. The van der Waals surface area contributed by atoms with Gasteiger partial charge in [0.2, 0.25) is 0 Å². The van der Waals surface area contributed by atoms with Gasteiger partial charge in [-0.25, -0.2) is 9.36 Å². The van der Waals surface area contributed by atoms with Crippen molar-refractivity contribution < 1.29 is 28.4 Å². The summed E-state index contributed by atoms with van der Waals surface area (Å²) < 4.78 is 20.1. The number of ether oxygens (including phenoxy) is 1. The Balaban J connectivity index is 3.36. The maximum Gasteiger partial charge on any atom is 0.524 e. The monoisotopic (exact) mass is 384 g/mol. The molecule has 0 radical (unpaired) electrons. The van der Waals surface area contributed by atoms with Crippen LogP contribution < -0.4 is 0 Å². The Labute approximate surface area is 128 Å². The number of rotatable bonds is 5. The number of carbonyl (C=O) groups is 1. The lowest BCUT2D eigenvalue weighted by atomic mass is 10.2. The van der Waals surface area contributed by atoms with Gasteiger partial charge in [0.25, 0.3) is 0 Å². The number of carbonyl (C=O) groups excluding carboxylic acids is 1. The van der Waals surface area contributed by atoms with Crippen molar-refractivity contribution in [3.63, 3.8) is 0 Å². The van der Waals surface area contributed by atoms with Crippen molar-refractivity contribution in [1.29, 1.82) is 0 Å². The average Bonchev–Trinajstić information content (AvgIpc) is 2.35. The zero-order valence-electron chi connectivity index (χ0n) is 10.2. The summed E-state index contributed by atoms with van der Waals surface area (Å²) in [4.78, 5) is 29.5. The molecule has 20 heavy (non-hydrogen) atoms. The summed E-state index contributed by atoms with van der Waals surface area (Å²) in [5, 5.41) is 0.164. The molecular formula is C11H11BrClO6P. The summed E-state index contributed by atoms with van der Waals surface area (Å²) in [5.41, 5.74) is 0.150. The van der Waals surface area contributed by atoms with E-state index in [2.05, 4.69) is 20.5 Å². The maximum atomic E-state index is 11.7. The third kappa shape index (κ3) is 4.92. The van der Waals surface area contributed by atoms with Crippen LogP contribution in [0.4, 0.5) is 0 Å². The van der Waals surface area contributed by atoms with E-state index in [1.807, 2.05) is 0 Å². The van der Waals surface area contributed by atoms with Crippen LogP contribution in [0, 0.1) is 0 Å². The normalized spacial score (nSPS) is 12.7. The minimum Gasteiger partial charge on any atom is -0.462 e. The van der Waals surface area contributed by atoms with Crippen molar-refractivity contribution in [2.75, 3.05) is 6.61 Å². The molecule has 1 aromatic rings. The van der Waals surface area contributed by atoms with Gasteiger partial charge < -0.3 is 9.26 Å². The van der Waals surface area contributed by atoms with Crippen molar-refractivity contribution in [1.82, 2.24) is 0 Å². The van der Waals surface area contributed by atoms with Crippen molar-refractivity contribution in [3.8, 4) is 0 Å². The fourth-order valence-electron chi connectivity index (χ4n) is 1.26. The molecule has 0 bridgehead atoms. The van der Waals surface area contributed by atoms with Crippen LogP contribution >= 0.6 is 35.4 Å². The van der Waals surface area contributed by atoms with Crippen LogP contribution in [-0.2, 0) is 18.6 Å². The van der Waals surface area contributed by atoms with Crippen LogP contribution in [-0.4, -0.2) is 22.4 Å². The molecule has 0 heterocycles. The van der Waals surface area contributed by atoms with Crippen LogP contribution in [0.1, 0.15) is 12.5 Å². The summed E-state index contributed by atoms with van der Waals surface area (Å²) in [6.45, 7) is 1.69.